The number of hydrogen-bond acceptors (Lipinski definition) is 2. The van der Waals surface area contributed by atoms with Gasteiger partial charge in [0.1, 0.15) is 0 Å². The summed E-state index contributed by atoms with van der Waals surface area (Å²) in [4.78, 5) is 0. The smallest absolute Gasteiger partial charge is 0.0314 e. The van der Waals surface area contributed by atoms with Gasteiger partial charge < -0.3 is 11.5 Å². The molecule has 6 rings (SSSR count). The van der Waals surface area contributed by atoms with Crippen molar-refractivity contribution in [3.05, 3.63) is 200 Å². The fourth-order valence-electron chi connectivity index (χ4n) is 6.90. The molecule has 0 saturated carbocycles. The van der Waals surface area contributed by atoms with Gasteiger partial charge in [-0.2, -0.15) is 0 Å². The third kappa shape index (κ3) is 9.51. The van der Waals surface area contributed by atoms with E-state index in [1.807, 2.05) is 24.3 Å². The second kappa shape index (κ2) is 16.3. The number of hydrogen-bond donors (Lipinski definition) is 2. The number of nitrogens with two attached hydrogens (primary N) is 2. The first kappa shape index (κ1) is 33.8. The summed E-state index contributed by atoms with van der Waals surface area (Å²) in [5.41, 5.74) is 30.0. The van der Waals surface area contributed by atoms with E-state index in [0.29, 0.717) is 0 Å². The van der Waals surface area contributed by atoms with Crippen molar-refractivity contribution in [3.8, 4) is 0 Å². The maximum atomic E-state index is 5.89. The lowest BCUT2D eigenvalue weighted by Crippen LogP contribution is -2.00. The predicted molar refractivity (Wildman–Crippen MR) is 209 cm³/mol. The van der Waals surface area contributed by atoms with Crippen LogP contribution in [0.3, 0.4) is 0 Å². The molecule has 0 unspecified atom stereocenters. The molecule has 6 aromatic carbocycles. The van der Waals surface area contributed by atoms with Crippen LogP contribution in [0, 0.1) is 0 Å². The molecule has 0 aromatic heterocycles. The van der Waals surface area contributed by atoms with E-state index in [1.165, 1.54) is 66.8 Å². The Kier molecular flexibility index (Phi) is 11.3. The van der Waals surface area contributed by atoms with Gasteiger partial charge >= 0.3 is 0 Å². The van der Waals surface area contributed by atoms with Crippen molar-refractivity contribution in [1.82, 2.24) is 0 Å². The zero-order valence-electron chi connectivity index (χ0n) is 29.2. The zero-order chi connectivity index (χ0) is 34.0. The Labute approximate surface area is 293 Å². The van der Waals surface area contributed by atoms with Crippen molar-refractivity contribution < 1.29 is 0 Å². The number of benzene rings is 6. The van der Waals surface area contributed by atoms with E-state index < -0.39 is 0 Å². The highest BCUT2D eigenvalue weighted by Gasteiger charge is 2.09. The van der Waals surface area contributed by atoms with Gasteiger partial charge in [-0.25, -0.2) is 0 Å². The van der Waals surface area contributed by atoms with Crippen LogP contribution in [0.4, 0.5) is 11.4 Å². The van der Waals surface area contributed by atoms with E-state index in [0.717, 1.165) is 69.2 Å². The van der Waals surface area contributed by atoms with Crippen LogP contribution in [0.1, 0.15) is 93.5 Å². The summed E-state index contributed by atoms with van der Waals surface area (Å²) in [6.07, 6.45) is 9.26. The molecule has 0 aliphatic rings. The molecular formula is C47H50N2. The van der Waals surface area contributed by atoms with Crippen LogP contribution in [0.2, 0.25) is 0 Å². The number of rotatable bonds is 14. The van der Waals surface area contributed by atoms with Crippen molar-refractivity contribution in [3.63, 3.8) is 0 Å². The summed E-state index contributed by atoms with van der Waals surface area (Å²) < 4.78 is 0. The van der Waals surface area contributed by atoms with Crippen molar-refractivity contribution in [1.29, 1.82) is 0 Å². The standard InChI is InChI=1S/C47H50N2/c1-3-5-42-32-40(28-36-17-23-46(48)24-18-36)15-21-44(42)30-38-11-7-34(8-12-38)27-35-9-13-39(14-10-35)31-45-22-16-41(33-43(45)6-4-2)29-37-19-25-47(49)26-20-37/h7-26,32-33H,3-6,27-31,48-49H2,1-2H3. The first-order valence-corrected chi connectivity index (χ1v) is 18.0. The van der Waals surface area contributed by atoms with Gasteiger partial charge in [0.2, 0.25) is 0 Å². The van der Waals surface area contributed by atoms with Gasteiger partial charge in [-0.1, -0.05) is 136 Å². The minimum Gasteiger partial charge on any atom is -0.399 e. The molecule has 248 valence electrons. The monoisotopic (exact) mass is 642 g/mol. The van der Waals surface area contributed by atoms with Crippen molar-refractivity contribution in [2.45, 2.75) is 71.6 Å². The average Bonchev–Trinajstić information content (AvgIpc) is 3.11. The first-order chi connectivity index (χ1) is 23.9. The maximum absolute atomic E-state index is 5.89. The Balaban J connectivity index is 1.06. The van der Waals surface area contributed by atoms with Crippen LogP contribution >= 0.6 is 0 Å². The highest BCUT2D eigenvalue weighted by molar-refractivity contribution is 5.44. The Hall–Kier alpha value is -5.08. The van der Waals surface area contributed by atoms with Gasteiger partial charge in [-0.3, -0.25) is 0 Å². The lowest BCUT2D eigenvalue weighted by atomic mass is 9.92. The largest absolute Gasteiger partial charge is 0.399 e. The van der Waals surface area contributed by atoms with E-state index in [9.17, 15) is 0 Å². The van der Waals surface area contributed by atoms with Crippen LogP contribution < -0.4 is 11.5 Å². The van der Waals surface area contributed by atoms with E-state index in [-0.39, 0.29) is 0 Å². The topological polar surface area (TPSA) is 52.0 Å². The van der Waals surface area contributed by atoms with E-state index in [4.69, 9.17) is 11.5 Å². The van der Waals surface area contributed by atoms with E-state index in [2.05, 4.69) is 123 Å². The molecule has 0 heterocycles. The normalized spacial score (nSPS) is 11.1. The van der Waals surface area contributed by atoms with Gasteiger partial charge in [-0.15, -0.1) is 0 Å². The molecule has 0 aliphatic heterocycles. The second-order valence-corrected chi connectivity index (χ2v) is 13.7. The Morgan fingerprint density at radius 2 is 0.571 bits per heavy atom. The summed E-state index contributed by atoms with van der Waals surface area (Å²) in [6.45, 7) is 4.53. The number of anilines is 2. The third-order valence-electron chi connectivity index (χ3n) is 9.60. The Morgan fingerprint density at radius 3 is 0.898 bits per heavy atom. The van der Waals surface area contributed by atoms with Crippen LogP contribution in [-0.2, 0) is 44.9 Å². The molecule has 2 nitrogen and oxygen atoms in total. The number of aryl methyl sites for hydroxylation is 2. The highest BCUT2D eigenvalue weighted by atomic mass is 14.5. The van der Waals surface area contributed by atoms with Crippen molar-refractivity contribution >= 4 is 11.4 Å². The SMILES string of the molecule is CCCc1cc(Cc2ccc(N)cc2)ccc1Cc1ccc(Cc2ccc(Cc3ccc(Cc4ccc(N)cc4)cc3CCC)cc2)cc1. The van der Waals surface area contributed by atoms with Gasteiger partial charge in [0.05, 0.1) is 0 Å². The molecule has 0 atom stereocenters. The summed E-state index contributed by atoms with van der Waals surface area (Å²) in [5.74, 6) is 0. The Bertz CT molecular complexity index is 1790. The fourth-order valence-corrected chi connectivity index (χ4v) is 6.90. The second-order valence-electron chi connectivity index (χ2n) is 13.7. The van der Waals surface area contributed by atoms with Crippen LogP contribution in [0.5, 0.6) is 0 Å². The van der Waals surface area contributed by atoms with Gasteiger partial charge in [-0.05, 0) is 136 Å². The molecular weight excluding hydrogens is 593 g/mol. The lowest BCUT2D eigenvalue weighted by Gasteiger charge is -2.13. The van der Waals surface area contributed by atoms with E-state index >= 15 is 0 Å². The number of nitrogen functional groups attached to an aromatic ring is 2. The molecule has 49 heavy (non-hydrogen) atoms. The van der Waals surface area contributed by atoms with Gasteiger partial charge in [0.15, 0.2) is 0 Å². The minimum atomic E-state index is 0.815. The molecule has 4 N–H and O–H groups in total. The molecule has 0 spiro atoms. The third-order valence-corrected chi connectivity index (χ3v) is 9.60. The molecule has 0 saturated heterocycles. The molecule has 6 aromatic rings. The van der Waals surface area contributed by atoms with Crippen molar-refractivity contribution in [2.75, 3.05) is 11.5 Å². The first-order valence-electron chi connectivity index (χ1n) is 18.0. The highest BCUT2D eigenvalue weighted by Crippen LogP contribution is 2.24. The summed E-state index contributed by atoms with van der Waals surface area (Å²) in [6, 6.07) is 49.1. The van der Waals surface area contributed by atoms with Gasteiger partial charge in [0.25, 0.3) is 0 Å². The minimum absolute atomic E-state index is 0.815. The maximum Gasteiger partial charge on any atom is 0.0314 e. The predicted octanol–water partition coefficient (Wildman–Crippen LogP) is 10.7. The molecule has 2 heteroatoms. The van der Waals surface area contributed by atoms with Crippen LogP contribution in [-0.4, -0.2) is 0 Å². The zero-order valence-corrected chi connectivity index (χ0v) is 29.2. The van der Waals surface area contributed by atoms with Gasteiger partial charge in [0, 0.05) is 11.4 Å². The van der Waals surface area contributed by atoms with Crippen LogP contribution in [0.15, 0.2) is 133 Å². The van der Waals surface area contributed by atoms with Crippen molar-refractivity contribution in [2.24, 2.45) is 0 Å². The van der Waals surface area contributed by atoms with E-state index in [1.54, 1.807) is 0 Å². The quantitative estimate of drug-likeness (QED) is 0.116. The fraction of sp³-hybridized carbons (Fsp3) is 0.234. The molecule has 0 bridgehead atoms. The molecule has 0 fully saturated rings. The Morgan fingerprint density at radius 1 is 0.306 bits per heavy atom. The molecule has 0 amide bonds. The lowest BCUT2D eigenvalue weighted by molar-refractivity contribution is 0.899. The molecule has 0 aliphatic carbocycles. The summed E-state index contributed by atoms with van der Waals surface area (Å²) in [5, 5.41) is 0. The molecule has 0 radical (unpaired) electrons. The average molecular weight is 643 g/mol. The summed E-state index contributed by atoms with van der Waals surface area (Å²) in [7, 11) is 0. The summed E-state index contributed by atoms with van der Waals surface area (Å²) >= 11 is 0. The van der Waals surface area contributed by atoms with Crippen LogP contribution in [0.25, 0.3) is 0 Å².